The average Bonchev–Trinajstić information content (AvgIpc) is 2.56. The third kappa shape index (κ3) is 5.06. The normalized spacial score (nSPS) is 12.6. The molecule has 0 fully saturated rings. The molecule has 8 heteroatoms. The van der Waals surface area contributed by atoms with Gasteiger partial charge in [-0.05, 0) is 37.3 Å². The molecule has 2 aromatic carbocycles. The van der Waals surface area contributed by atoms with Gasteiger partial charge in [0.15, 0.2) is 0 Å². The van der Waals surface area contributed by atoms with Crippen LogP contribution in [-0.2, 0) is 11.0 Å². The standard InChI is InChI=1S/C17H15ClF3NO2S/c1-10(25-15-6-4-3-5-14(15)24-2)16(23)22-13-8-7-11(18)9-12(13)17(19,20)21/h3-10H,1-2H3,(H,22,23). The number of para-hydroxylation sites is 1. The van der Waals surface area contributed by atoms with Crippen LogP contribution in [0.2, 0.25) is 5.02 Å². The van der Waals surface area contributed by atoms with Crippen LogP contribution in [0.25, 0.3) is 0 Å². The lowest BCUT2D eigenvalue weighted by Crippen LogP contribution is -2.24. The Morgan fingerprint density at radius 3 is 2.56 bits per heavy atom. The van der Waals surface area contributed by atoms with Gasteiger partial charge in [0, 0.05) is 5.02 Å². The summed E-state index contributed by atoms with van der Waals surface area (Å²) in [5.74, 6) is 0.0401. The van der Waals surface area contributed by atoms with E-state index in [2.05, 4.69) is 5.32 Å². The molecule has 0 radical (unpaired) electrons. The van der Waals surface area contributed by atoms with Crippen LogP contribution in [0.15, 0.2) is 47.4 Å². The lowest BCUT2D eigenvalue weighted by Gasteiger charge is -2.17. The van der Waals surface area contributed by atoms with Crippen LogP contribution in [0.1, 0.15) is 12.5 Å². The highest BCUT2D eigenvalue weighted by molar-refractivity contribution is 8.00. The van der Waals surface area contributed by atoms with Crippen LogP contribution < -0.4 is 10.1 Å². The molecule has 2 rings (SSSR count). The zero-order valence-corrected chi connectivity index (χ0v) is 14.9. The van der Waals surface area contributed by atoms with Crippen molar-refractivity contribution in [3.05, 3.63) is 53.1 Å². The molecular formula is C17H15ClF3NO2S. The van der Waals surface area contributed by atoms with E-state index in [0.717, 1.165) is 17.0 Å². The number of methoxy groups -OCH3 is 1. The van der Waals surface area contributed by atoms with Crippen LogP contribution in [0.5, 0.6) is 5.75 Å². The number of halogens is 4. The van der Waals surface area contributed by atoms with E-state index in [4.69, 9.17) is 16.3 Å². The molecular weight excluding hydrogens is 375 g/mol. The quantitative estimate of drug-likeness (QED) is 0.687. The molecule has 2 aromatic rings. The number of benzene rings is 2. The molecule has 1 amide bonds. The van der Waals surface area contributed by atoms with Crippen molar-refractivity contribution >= 4 is 35.0 Å². The number of hydrogen-bond donors (Lipinski definition) is 1. The van der Waals surface area contributed by atoms with Gasteiger partial charge in [-0.25, -0.2) is 0 Å². The van der Waals surface area contributed by atoms with Crippen molar-refractivity contribution in [2.75, 3.05) is 12.4 Å². The van der Waals surface area contributed by atoms with Crippen LogP contribution in [0.3, 0.4) is 0 Å². The van der Waals surface area contributed by atoms with Crippen molar-refractivity contribution in [2.45, 2.75) is 23.2 Å². The maximum Gasteiger partial charge on any atom is 0.418 e. The van der Waals surface area contributed by atoms with E-state index in [1.54, 1.807) is 31.2 Å². The van der Waals surface area contributed by atoms with E-state index in [1.807, 2.05) is 0 Å². The molecule has 0 aliphatic heterocycles. The van der Waals surface area contributed by atoms with Gasteiger partial charge in [0.05, 0.1) is 28.5 Å². The molecule has 0 aliphatic carbocycles. The Hall–Kier alpha value is -1.86. The first-order valence-electron chi connectivity index (χ1n) is 7.19. The second kappa shape index (κ2) is 8.01. The van der Waals surface area contributed by atoms with Crippen LogP contribution in [-0.4, -0.2) is 18.3 Å². The lowest BCUT2D eigenvalue weighted by molar-refractivity contribution is -0.137. The van der Waals surface area contributed by atoms with Gasteiger partial charge < -0.3 is 10.1 Å². The van der Waals surface area contributed by atoms with Gasteiger partial charge in [-0.15, -0.1) is 11.8 Å². The summed E-state index contributed by atoms with van der Waals surface area (Å²) < 4.78 is 44.5. The number of ether oxygens (including phenoxy) is 1. The van der Waals surface area contributed by atoms with E-state index < -0.39 is 22.9 Å². The number of thioether (sulfide) groups is 1. The van der Waals surface area contributed by atoms with Gasteiger partial charge in [0.25, 0.3) is 0 Å². The zero-order valence-electron chi connectivity index (χ0n) is 13.4. The summed E-state index contributed by atoms with van der Waals surface area (Å²) in [4.78, 5) is 13.0. The topological polar surface area (TPSA) is 38.3 Å². The highest BCUT2D eigenvalue weighted by Crippen LogP contribution is 2.37. The Kier molecular flexibility index (Phi) is 6.24. The monoisotopic (exact) mass is 389 g/mol. The molecule has 25 heavy (non-hydrogen) atoms. The molecule has 0 heterocycles. The number of alkyl halides is 3. The molecule has 1 N–H and O–H groups in total. The number of rotatable bonds is 5. The Morgan fingerprint density at radius 1 is 1.24 bits per heavy atom. The summed E-state index contributed by atoms with van der Waals surface area (Å²) in [5, 5.41) is 1.64. The summed E-state index contributed by atoms with van der Waals surface area (Å²) in [5.41, 5.74) is -1.31. The maximum absolute atomic E-state index is 13.1. The van der Waals surface area contributed by atoms with Gasteiger partial charge in [-0.3, -0.25) is 4.79 Å². The highest BCUT2D eigenvalue weighted by Gasteiger charge is 2.34. The maximum atomic E-state index is 13.1. The number of nitrogens with one attached hydrogen (secondary N) is 1. The lowest BCUT2D eigenvalue weighted by atomic mass is 10.1. The molecule has 0 bridgehead atoms. The molecule has 1 unspecified atom stereocenters. The fourth-order valence-corrected chi connectivity index (χ4v) is 3.20. The first kappa shape index (κ1) is 19.5. The van der Waals surface area contributed by atoms with E-state index in [1.165, 1.54) is 24.9 Å². The van der Waals surface area contributed by atoms with E-state index >= 15 is 0 Å². The molecule has 0 aromatic heterocycles. The van der Waals surface area contributed by atoms with Crippen molar-refractivity contribution in [2.24, 2.45) is 0 Å². The number of anilines is 1. The summed E-state index contributed by atoms with van der Waals surface area (Å²) >= 11 is 6.83. The Morgan fingerprint density at radius 2 is 1.92 bits per heavy atom. The van der Waals surface area contributed by atoms with Crippen LogP contribution >= 0.6 is 23.4 Å². The minimum atomic E-state index is -4.62. The second-order valence-corrected chi connectivity index (χ2v) is 6.91. The van der Waals surface area contributed by atoms with Gasteiger partial charge in [0.2, 0.25) is 5.91 Å². The van der Waals surface area contributed by atoms with Gasteiger partial charge >= 0.3 is 6.18 Å². The fraction of sp³-hybridized carbons (Fsp3) is 0.235. The first-order valence-corrected chi connectivity index (χ1v) is 8.45. The van der Waals surface area contributed by atoms with Gasteiger partial charge in [-0.2, -0.15) is 13.2 Å². The summed E-state index contributed by atoms with van der Waals surface area (Å²) in [6, 6.07) is 10.3. The summed E-state index contributed by atoms with van der Waals surface area (Å²) in [7, 11) is 1.51. The van der Waals surface area contributed by atoms with Crippen molar-refractivity contribution in [1.29, 1.82) is 0 Å². The third-order valence-electron chi connectivity index (χ3n) is 3.29. The highest BCUT2D eigenvalue weighted by atomic mass is 35.5. The largest absolute Gasteiger partial charge is 0.496 e. The molecule has 0 saturated heterocycles. The zero-order chi connectivity index (χ0) is 18.6. The van der Waals surface area contributed by atoms with Crippen molar-refractivity contribution < 1.29 is 22.7 Å². The van der Waals surface area contributed by atoms with Crippen molar-refractivity contribution in [3.63, 3.8) is 0 Å². The number of carbonyl (C=O) groups excluding carboxylic acids is 1. The van der Waals surface area contributed by atoms with Crippen LogP contribution in [0, 0.1) is 0 Å². The minimum absolute atomic E-state index is 0.0539. The van der Waals surface area contributed by atoms with E-state index in [-0.39, 0.29) is 10.7 Å². The molecule has 0 saturated carbocycles. The Labute approximate surface area is 152 Å². The Bertz CT molecular complexity index is 768. The molecule has 134 valence electrons. The molecule has 3 nitrogen and oxygen atoms in total. The molecule has 0 spiro atoms. The number of hydrogen-bond acceptors (Lipinski definition) is 3. The van der Waals surface area contributed by atoms with Crippen molar-refractivity contribution in [1.82, 2.24) is 0 Å². The third-order valence-corrected chi connectivity index (χ3v) is 4.68. The summed E-state index contributed by atoms with van der Waals surface area (Å²) in [6.07, 6.45) is -4.62. The SMILES string of the molecule is COc1ccccc1SC(C)C(=O)Nc1ccc(Cl)cc1C(F)(F)F. The average molecular weight is 390 g/mol. The van der Waals surface area contributed by atoms with E-state index in [0.29, 0.717) is 5.75 Å². The first-order chi connectivity index (χ1) is 11.7. The number of amides is 1. The smallest absolute Gasteiger partial charge is 0.418 e. The predicted molar refractivity (Wildman–Crippen MR) is 93.4 cm³/mol. The molecule has 1 atom stereocenters. The minimum Gasteiger partial charge on any atom is -0.496 e. The van der Waals surface area contributed by atoms with Crippen molar-refractivity contribution in [3.8, 4) is 5.75 Å². The summed E-state index contributed by atoms with van der Waals surface area (Å²) in [6.45, 7) is 1.61. The second-order valence-electron chi connectivity index (χ2n) is 5.09. The van der Waals surface area contributed by atoms with E-state index in [9.17, 15) is 18.0 Å². The Balaban J connectivity index is 2.17. The fourth-order valence-electron chi connectivity index (χ4n) is 2.05. The molecule has 0 aliphatic rings. The van der Waals surface area contributed by atoms with Crippen LogP contribution in [0.4, 0.5) is 18.9 Å². The number of carbonyl (C=O) groups is 1. The van der Waals surface area contributed by atoms with Gasteiger partial charge in [-0.1, -0.05) is 23.7 Å². The van der Waals surface area contributed by atoms with Gasteiger partial charge in [0.1, 0.15) is 5.75 Å². The predicted octanol–water partition coefficient (Wildman–Crippen LogP) is 5.49.